The standard InChI is InChI=1S/C12H12FN3O2S/c1-7-2-3-9(4-10(7)13)18-5-8-6-19-12(15-8)11(17)16-14/h2-4,6H,5,14H2,1H3,(H,16,17). The third-order valence-electron chi connectivity index (χ3n) is 2.41. The highest BCUT2D eigenvalue weighted by molar-refractivity contribution is 7.11. The Morgan fingerprint density at radius 1 is 1.58 bits per heavy atom. The van der Waals surface area contributed by atoms with Crippen molar-refractivity contribution in [2.75, 3.05) is 0 Å². The van der Waals surface area contributed by atoms with Crippen LogP contribution < -0.4 is 16.0 Å². The zero-order chi connectivity index (χ0) is 13.8. The van der Waals surface area contributed by atoms with Crippen LogP contribution >= 0.6 is 11.3 Å². The molecule has 5 nitrogen and oxygen atoms in total. The zero-order valence-electron chi connectivity index (χ0n) is 10.1. The Labute approximate surface area is 113 Å². The van der Waals surface area contributed by atoms with Crippen LogP contribution in [0.4, 0.5) is 4.39 Å². The number of aromatic nitrogens is 1. The summed E-state index contributed by atoms with van der Waals surface area (Å²) in [6.45, 7) is 1.84. The number of nitrogens with one attached hydrogen (secondary N) is 1. The Morgan fingerprint density at radius 2 is 2.37 bits per heavy atom. The lowest BCUT2D eigenvalue weighted by molar-refractivity contribution is 0.0953. The number of halogens is 1. The highest BCUT2D eigenvalue weighted by Crippen LogP contribution is 2.18. The maximum absolute atomic E-state index is 13.3. The summed E-state index contributed by atoms with van der Waals surface area (Å²) in [7, 11) is 0. The highest BCUT2D eigenvalue weighted by Gasteiger charge is 2.10. The fraction of sp³-hybridized carbons (Fsp3) is 0.167. The minimum absolute atomic E-state index is 0.164. The molecule has 0 aliphatic rings. The topological polar surface area (TPSA) is 77.2 Å². The predicted molar refractivity (Wildman–Crippen MR) is 69.2 cm³/mol. The number of carbonyl (C=O) groups excluding carboxylic acids is 1. The van der Waals surface area contributed by atoms with Crippen molar-refractivity contribution >= 4 is 17.2 Å². The number of nitrogens with zero attached hydrogens (tertiary/aromatic N) is 1. The van der Waals surface area contributed by atoms with E-state index in [1.807, 2.05) is 5.43 Å². The van der Waals surface area contributed by atoms with Gasteiger partial charge in [-0.3, -0.25) is 10.2 Å². The van der Waals surface area contributed by atoms with Gasteiger partial charge in [0.25, 0.3) is 5.91 Å². The molecule has 0 spiro atoms. The molecule has 0 atom stereocenters. The number of amides is 1. The smallest absolute Gasteiger partial charge is 0.294 e. The summed E-state index contributed by atoms with van der Waals surface area (Å²) in [5, 5.41) is 1.95. The molecule has 0 fully saturated rings. The first-order valence-corrected chi connectivity index (χ1v) is 6.32. The summed E-state index contributed by atoms with van der Waals surface area (Å²) in [5.41, 5.74) is 3.15. The average molecular weight is 281 g/mol. The third kappa shape index (κ3) is 3.27. The van der Waals surface area contributed by atoms with Gasteiger partial charge >= 0.3 is 0 Å². The Bertz CT molecular complexity index is 600. The van der Waals surface area contributed by atoms with E-state index >= 15 is 0 Å². The molecule has 7 heteroatoms. The van der Waals surface area contributed by atoms with E-state index in [1.165, 1.54) is 17.4 Å². The van der Waals surface area contributed by atoms with Crippen LogP contribution in [0.1, 0.15) is 21.1 Å². The van der Waals surface area contributed by atoms with Crippen LogP contribution in [0.3, 0.4) is 0 Å². The monoisotopic (exact) mass is 281 g/mol. The molecule has 1 aromatic heterocycles. The lowest BCUT2D eigenvalue weighted by Gasteiger charge is -2.05. The van der Waals surface area contributed by atoms with E-state index in [0.29, 0.717) is 17.0 Å². The van der Waals surface area contributed by atoms with Gasteiger partial charge in [0.05, 0.1) is 5.69 Å². The number of aryl methyl sites for hydroxylation is 1. The van der Waals surface area contributed by atoms with Gasteiger partial charge < -0.3 is 4.74 Å². The molecule has 0 aliphatic carbocycles. The number of ether oxygens (including phenoxy) is 1. The van der Waals surface area contributed by atoms with Crippen molar-refractivity contribution in [3.8, 4) is 5.75 Å². The Kier molecular flexibility index (Phi) is 4.08. The number of nitrogen functional groups attached to an aromatic ring is 1. The molecule has 2 rings (SSSR count). The second kappa shape index (κ2) is 5.77. The van der Waals surface area contributed by atoms with Crippen molar-refractivity contribution in [1.29, 1.82) is 0 Å². The van der Waals surface area contributed by atoms with Gasteiger partial charge in [-0.05, 0) is 18.6 Å². The molecule has 100 valence electrons. The first-order valence-electron chi connectivity index (χ1n) is 5.44. The van der Waals surface area contributed by atoms with Crippen LogP contribution in [-0.2, 0) is 6.61 Å². The van der Waals surface area contributed by atoms with Gasteiger partial charge in [-0.25, -0.2) is 15.2 Å². The van der Waals surface area contributed by atoms with E-state index in [0.717, 1.165) is 0 Å². The number of hydrogen-bond donors (Lipinski definition) is 2. The van der Waals surface area contributed by atoms with E-state index in [2.05, 4.69) is 4.98 Å². The molecule has 0 radical (unpaired) electrons. The molecule has 2 aromatic rings. The molecule has 0 saturated carbocycles. The zero-order valence-corrected chi connectivity index (χ0v) is 11.0. The molecule has 0 aliphatic heterocycles. The first-order chi connectivity index (χ1) is 9.10. The normalized spacial score (nSPS) is 10.3. The number of carbonyl (C=O) groups is 1. The summed E-state index contributed by atoms with van der Waals surface area (Å²) in [6.07, 6.45) is 0. The SMILES string of the molecule is Cc1ccc(OCc2csc(C(=O)NN)n2)cc1F. The van der Waals surface area contributed by atoms with Gasteiger partial charge in [0.15, 0.2) is 5.01 Å². The predicted octanol–water partition coefficient (Wildman–Crippen LogP) is 1.77. The van der Waals surface area contributed by atoms with E-state index in [9.17, 15) is 9.18 Å². The highest BCUT2D eigenvalue weighted by atomic mass is 32.1. The first kappa shape index (κ1) is 13.4. The van der Waals surface area contributed by atoms with Crippen LogP contribution in [0.5, 0.6) is 5.75 Å². The molecule has 1 heterocycles. The largest absolute Gasteiger partial charge is 0.487 e. The molecule has 0 saturated heterocycles. The van der Waals surface area contributed by atoms with Gasteiger partial charge in [0.1, 0.15) is 18.2 Å². The molecule has 3 N–H and O–H groups in total. The maximum Gasteiger partial charge on any atom is 0.294 e. The number of hydrazine groups is 1. The Morgan fingerprint density at radius 3 is 3.05 bits per heavy atom. The van der Waals surface area contributed by atoms with E-state index in [-0.39, 0.29) is 17.4 Å². The molecular weight excluding hydrogens is 269 g/mol. The molecule has 0 bridgehead atoms. The molecular formula is C12H12FN3O2S. The van der Waals surface area contributed by atoms with Gasteiger partial charge in [0, 0.05) is 11.4 Å². The van der Waals surface area contributed by atoms with Crippen LogP contribution in [0, 0.1) is 12.7 Å². The second-order valence-electron chi connectivity index (χ2n) is 3.82. The summed E-state index contributed by atoms with van der Waals surface area (Å²) < 4.78 is 18.7. The molecule has 1 amide bonds. The van der Waals surface area contributed by atoms with Crippen LogP contribution in [0.15, 0.2) is 23.6 Å². The van der Waals surface area contributed by atoms with Crippen LogP contribution in [-0.4, -0.2) is 10.9 Å². The summed E-state index contributed by atoms with van der Waals surface area (Å²) in [6, 6.07) is 4.63. The molecule has 0 unspecified atom stereocenters. The van der Waals surface area contributed by atoms with E-state index < -0.39 is 5.91 Å². The van der Waals surface area contributed by atoms with Crippen molar-refractivity contribution in [1.82, 2.24) is 10.4 Å². The summed E-state index contributed by atoms with van der Waals surface area (Å²) >= 11 is 1.17. The van der Waals surface area contributed by atoms with Crippen molar-refractivity contribution in [3.05, 3.63) is 45.7 Å². The fourth-order valence-corrected chi connectivity index (χ4v) is 2.06. The molecule has 19 heavy (non-hydrogen) atoms. The molecule has 1 aromatic carbocycles. The van der Waals surface area contributed by atoms with Gasteiger partial charge in [-0.1, -0.05) is 6.07 Å². The fourth-order valence-electron chi connectivity index (χ4n) is 1.36. The van der Waals surface area contributed by atoms with Crippen molar-refractivity contribution in [3.63, 3.8) is 0 Å². The Balaban J connectivity index is 2.00. The lowest BCUT2D eigenvalue weighted by Crippen LogP contribution is -2.29. The van der Waals surface area contributed by atoms with Crippen molar-refractivity contribution < 1.29 is 13.9 Å². The minimum atomic E-state index is -0.447. The van der Waals surface area contributed by atoms with E-state index in [4.69, 9.17) is 10.6 Å². The van der Waals surface area contributed by atoms with Crippen LogP contribution in [0.25, 0.3) is 0 Å². The van der Waals surface area contributed by atoms with Gasteiger partial charge in [0.2, 0.25) is 0 Å². The second-order valence-corrected chi connectivity index (χ2v) is 4.68. The number of hydrogen-bond acceptors (Lipinski definition) is 5. The average Bonchev–Trinajstić information content (AvgIpc) is 2.88. The lowest BCUT2D eigenvalue weighted by atomic mass is 10.2. The minimum Gasteiger partial charge on any atom is -0.487 e. The summed E-state index contributed by atoms with van der Waals surface area (Å²) in [4.78, 5) is 15.2. The maximum atomic E-state index is 13.3. The van der Waals surface area contributed by atoms with Crippen molar-refractivity contribution in [2.24, 2.45) is 5.84 Å². The Hall–Kier alpha value is -1.99. The van der Waals surface area contributed by atoms with Crippen LogP contribution in [0.2, 0.25) is 0 Å². The van der Waals surface area contributed by atoms with Crippen molar-refractivity contribution in [2.45, 2.75) is 13.5 Å². The van der Waals surface area contributed by atoms with Gasteiger partial charge in [-0.2, -0.15) is 0 Å². The quantitative estimate of drug-likeness (QED) is 0.508. The van der Waals surface area contributed by atoms with E-state index in [1.54, 1.807) is 24.4 Å². The third-order valence-corrected chi connectivity index (χ3v) is 3.30. The number of thiazole rings is 1. The number of benzene rings is 1. The van der Waals surface area contributed by atoms with Gasteiger partial charge in [-0.15, -0.1) is 11.3 Å². The number of nitrogens with two attached hydrogens (primary N) is 1. The number of rotatable bonds is 4. The summed E-state index contributed by atoms with van der Waals surface area (Å²) in [5.74, 6) is 4.65.